The second-order valence-electron chi connectivity index (χ2n) is 4.89. The number of hydrogen-bond acceptors (Lipinski definition) is 6. The number of rotatable bonds is 0. The Kier molecular flexibility index (Phi) is 4.59. The van der Waals surface area contributed by atoms with Crippen molar-refractivity contribution in [3.8, 4) is 10.1 Å². The predicted molar refractivity (Wildman–Crippen MR) is 99.5 cm³/mol. The van der Waals surface area contributed by atoms with Gasteiger partial charge in [0.05, 0.1) is 0 Å². The van der Waals surface area contributed by atoms with E-state index in [4.69, 9.17) is 10.2 Å². The molecule has 0 atom stereocenters. The summed E-state index contributed by atoms with van der Waals surface area (Å²) in [6.45, 7) is 0. The Morgan fingerprint density at radius 1 is 0.625 bits per heavy atom. The van der Waals surface area contributed by atoms with E-state index >= 15 is 0 Å². The summed E-state index contributed by atoms with van der Waals surface area (Å²) < 4.78 is 1.64. The van der Waals surface area contributed by atoms with Gasteiger partial charge in [-0.05, 0) is 24.3 Å². The van der Waals surface area contributed by atoms with E-state index in [-0.39, 0.29) is 21.0 Å². The molecule has 0 fully saturated rings. The fourth-order valence-corrected chi connectivity index (χ4v) is 3.82. The fourth-order valence-electron chi connectivity index (χ4n) is 2.18. The lowest BCUT2D eigenvalue weighted by Gasteiger charge is -1.94. The van der Waals surface area contributed by atoms with Crippen LogP contribution in [-0.4, -0.2) is 10.2 Å². The molecule has 0 unspecified atom stereocenters. The van der Waals surface area contributed by atoms with Gasteiger partial charge in [0.25, 0.3) is 0 Å². The van der Waals surface area contributed by atoms with Crippen molar-refractivity contribution in [1.29, 1.82) is 0 Å². The highest BCUT2D eigenvalue weighted by Crippen LogP contribution is 2.23. The molecule has 0 radical (unpaired) electrons. The highest BCUT2D eigenvalue weighted by Gasteiger charge is 2.00. The van der Waals surface area contributed by atoms with Crippen molar-refractivity contribution in [1.82, 2.24) is 0 Å². The van der Waals surface area contributed by atoms with E-state index in [0.29, 0.717) is 10.8 Å². The molecule has 0 saturated carbocycles. The van der Waals surface area contributed by atoms with Crippen LogP contribution in [-0.2, 0) is 0 Å². The van der Waals surface area contributed by atoms with E-state index in [1.807, 2.05) is 36.4 Å². The van der Waals surface area contributed by atoms with Gasteiger partial charge >= 0.3 is 0 Å². The summed E-state index contributed by atoms with van der Waals surface area (Å²) in [5.41, 5.74) is -0.247. The minimum atomic E-state index is -0.123. The molecule has 4 nitrogen and oxygen atoms in total. The third-order valence-corrected chi connectivity index (χ3v) is 5.05. The maximum atomic E-state index is 11.2. The summed E-state index contributed by atoms with van der Waals surface area (Å²) >= 11 is 2.42. The molecular formula is C18H12O4S2. The SMILES string of the molecule is O=c1cc(O)sc2ccccc12.O=c1cc(O)sc2ccccc12. The topological polar surface area (TPSA) is 74.6 Å². The van der Waals surface area contributed by atoms with Crippen LogP contribution in [0.3, 0.4) is 0 Å². The average molecular weight is 356 g/mol. The molecule has 2 aromatic carbocycles. The lowest BCUT2D eigenvalue weighted by Crippen LogP contribution is -1.96. The summed E-state index contributed by atoms with van der Waals surface area (Å²) in [4.78, 5) is 22.5. The molecule has 120 valence electrons. The monoisotopic (exact) mass is 356 g/mol. The van der Waals surface area contributed by atoms with Gasteiger partial charge in [0, 0.05) is 32.3 Å². The normalized spacial score (nSPS) is 10.3. The molecule has 0 aliphatic rings. The van der Waals surface area contributed by atoms with Gasteiger partial charge in [0.2, 0.25) is 0 Å². The van der Waals surface area contributed by atoms with E-state index in [1.54, 1.807) is 12.1 Å². The molecular weight excluding hydrogens is 344 g/mol. The van der Waals surface area contributed by atoms with E-state index in [2.05, 4.69) is 0 Å². The zero-order valence-corrected chi connectivity index (χ0v) is 13.9. The quantitative estimate of drug-likeness (QED) is 0.500. The van der Waals surface area contributed by atoms with E-state index in [9.17, 15) is 9.59 Å². The van der Waals surface area contributed by atoms with Gasteiger partial charge in [-0.3, -0.25) is 9.59 Å². The molecule has 0 aliphatic carbocycles. The smallest absolute Gasteiger partial charge is 0.191 e. The molecule has 2 aromatic heterocycles. The van der Waals surface area contributed by atoms with Gasteiger partial charge < -0.3 is 10.2 Å². The number of benzene rings is 2. The average Bonchev–Trinajstić information content (AvgIpc) is 2.55. The van der Waals surface area contributed by atoms with Crippen LogP contribution in [0, 0.1) is 0 Å². The van der Waals surface area contributed by atoms with Crippen LogP contribution < -0.4 is 10.9 Å². The van der Waals surface area contributed by atoms with Gasteiger partial charge in [-0.15, -0.1) is 0 Å². The molecule has 24 heavy (non-hydrogen) atoms. The third kappa shape index (κ3) is 3.45. The molecule has 4 aromatic rings. The molecule has 0 spiro atoms. The summed E-state index contributed by atoms with van der Waals surface area (Å²) in [6.07, 6.45) is 0. The van der Waals surface area contributed by atoms with E-state index in [0.717, 1.165) is 9.40 Å². The molecule has 0 aliphatic heterocycles. The molecule has 4 rings (SSSR count). The zero-order chi connectivity index (χ0) is 17.1. The number of fused-ring (bicyclic) bond motifs is 2. The molecule has 0 saturated heterocycles. The van der Waals surface area contributed by atoms with Crippen LogP contribution in [0.2, 0.25) is 0 Å². The Morgan fingerprint density at radius 2 is 1.00 bits per heavy atom. The molecule has 0 amide bonds. The van der Waals surface area contributed by atoms with Crippen molar-refractivity contribution in [2.45, 2.75) is 0 Å². The predicted octanol–water partition coefficient (Wildman–Crippen LogP) is 3.93. The minimum absolute atomic E-state index is 0.0682. The maximum Gasteiger partial charge on any atom is 0.191 e. The summed E-state index contributed by atoms with van der Waals surface area (Å²) in [7, 11) is 0. The van der Waals surface area contributed by atoms with Crippen molar-refractivity contribution in [3.05, 3.63) is 81.1 Å². The Labute approximate surface area is 144 Å². The van der Waals surface area contributed by atoms with Crippen molar-refractivity contribution in [2.24, 2.45) is 0 Å². The van der Waals surface area contributed by atoms with Crippen molar-refractivity contribution < 1.29 is 10.2 Å². The zero-order valence-electron chi connectivity index (χ0n) is 12.3. The minimum Gasteiger partial charge on any atom is -0.499 e. The highest BCUT2D eigenvalue weighted by molar-refractivity contribution is 7.20. The maximum absolute atomic E-state index is 11.2. The second kappa shape index (κ2) is 6.82. The van der Waals surface area contributed by atoms with Gasteiger partial charge in [0.1, 0.15) is 0 Å². The van der Waals surface area contributed by atoms with Crippen LogP contribution in [0.15, 0.2) is 70.3 Å². The number of hydrogen-bond donors (Lipinski definition) is 2. The first-order chi connectivity index (χ1) is 11.5. The Morgan fingerprint density at radius 3 is 1.42 bits per heavy atom. The first kappa shape index (κ1) is 16.2. The fraction of sp³-hybridized carbons (Fsp3) is 0. The van der Waals surface area contributed by atoms with Gasteiger partial charge in [-0.2, -0.15) is 0 Å². The third-order valence-electron chi connectivity index (χ3n) is 3.24. The standard InChI is InChI=1S/2C9H6O2S/c2*10-7-5-9(11)12-8-4-2-1-3-6(7)8/h2*1-5,11H. The molecule has 0 bridgehead atoms. The first-order valence-electron chi connectivity index (χ1n) is 6.98. The molecule has 2 N–H and O–H groups in total. The van der Waals surface area contributed by atoms with Gasteiger partial charge in [-0.1, -0.05) is 46.9 Å². The van der Waals surface area contributed by atoms with E-state index < -0.39 is 0 Å². The van der Waals surface area contributed by atoms with Gasteiger partial charge in [0.15, 0.2) is 21.0 Å². The largest absolute Gasteiger partial charge is 0.499 e. The first-order valence-corrected chi connectivity index (χ1v) is 8.61. The summed E-state index contributed by atoms with van der Waals surface area (Å²) in [6, 6.07) is 17.0. The van der Waals surface area contributed by atoms with Crippen LogP contribution in [0.1, 0.15) is 0 Å². The van der Waals surface area contributed by atoms with Crippen LogP contribution in [0.25, 0.3) is 20.2 Å². The van der Waals surface area contributed by atoms with E-state index in [1.165, 1.54) is 34.8 Å². The molecule has 6 heteroatoms. The second-order valence-corrected chi connectivity index (χ2v) is 7.01. The molecule has 2 heterocycles. The lowest BCUT2D eigenvalue weighted by atomic mass is 10.2. The van der Waals surface area contributed by atoms with Crippen LogP contribution in [0.4, 0.5) is 0 Å². The lowest BCUT2D eigenvalue weighted by molar-refractivity contribution is 0.489. The highest BCUT2D eigenvalue weighted by atomic mass is 32.1. The summed E-state index contributed by atoms with van der Waals surface area (Å²) in [5.74, 6) is 0. The van der Waals surface area contributed by atoms with Crippen LogP contribution in [0.5, 0.6) is 10.1 Å². The Bertz CT molecular complexity index is 1040. The Balaban J connectivity index is 0.000000141. The number of aromatic hydroxyl groups is 2. The van der Waals surface area contributed by atoms with Crippen molar-refractivity contribution >= 4 is 42.8 Å². The van der Waals surface area contributed by atoms with Crippen molar-refractivity contribution in [3.63, 3.8) is 0 Å². The van der Waals surface area contributed by atoms with Crippen molar-refractivity contribution in [2.75, 3.05) is 0 Å². The Hall–Kier alpha value is -2.70. The van der Waals surface area contributed by atoms with Gasteiger partial charge in [-0.25, -0.2) is 0 Å². The van der Waals surface area contributed by atoms with Crippen LogP contribution >= 0.6 is 22.7 Å². The summed E-state index contributed by atoms with van der Waals surface area (Å²) in [5, 5.41) is 19.7.